The van der Waals surface area contributed by atoms with Gasteiger partial charge in [0.2, 0.25) is 5.76 Å². The van der Waals surface area contributed by atoms with Gasteiger partial charge in [0, 0.05) is 12.2 Å². The summed E-state index contributed by atoms with van der Waals surface area (Å²) in [6.07, 6.45) is 0.303. The van der Waals surface area contributed by atoms with Gasteiger partial charge in [0.15, 0.2) is 0 Å². The van der Waals surface area contributed by atoms with Crippen molar-refractivity contribution in [2.75, 3.05) is 13.2 Å². The van der Waals surface area contributed by atoms with Gasteiger partial charge in [-0.2, -0.15) is 0 Å². The highest BCUT2D eigenvalue weighted by Gasteiger charge is 2.22. The molecule has 0 bridgehead atoms. The monoisotopic (exact) mass is 144 g/mol. The predicted octanol–water partition coefficient (Wildman–Crippen LogP) is -0.262. The SMILES string of the molecule is O=C1OCC(CCO)=C1O. The van der Waals surface area contributed by atoms with Crippen LogP contribution in [-0.2, 0) is 9.53 Å². The van der Waals surface area contributed by atoms with Gasteiger partial charge in [0.1, 0.15) is 6.61 Å². The van der Waals surface area contributed by atoms with E-state index in [1.165, 1.54) is 0 Å². The van der Waals surface area contributed by atoms with E-state index in [1.807, 2.05) is 0 Å². The Labute approximate surface area is 57.7 Å². The van der Waals surface area contributed by atoms with Crippen molar-refractivity contribution >= 4 is 5.97 Å². The van der Waals surface area contributed by atoms with E-state index in [2.05, 4.69) is 4.74 Å². The third-order valence-corrected chi connectivity index (χ3v) is 1.32. The van der Waals surface area contributed by atoms with Crippen molar-refractivity contribution in [2.45, 2.75) is 6.42 Å². The smallest absolute Gasteiger partial charge is 0.373 e. The predicted molar refractivity (Wildman–Crippen MR) is 32.3 cm³/mol. The lowest BCUT2D eigenvalue weighted by Gasteiger charge is -1.92. The van der Waals surface area contributed by atoms with E-state index < -0.39 is 5.97 Å². The van der Waals surface area contributed by atoms with Crippen molar-refractivity contribution in [3.8, 4) is 0 Å². The topological polar surface area (TPSA) is 66.8 Å². The summed E-state index contributed by atoms with van der Waals surface area (Å²) in [5.74, 6) is -1.03. The van der Waals surface area contributed by atoms with Crippen LogP contribution in [0.3, 0.4) is 0 Å². The molecule has 0 aromatic carbocycles. The van der Waals surface area contributed by atoms with Crippen molar-refractivity contribution in [1.29, 1.82) is 0 Å². The van der Waals surface area contributed by atoms with Gasteiger partial charge in [-0.05, 0) is 6.42 Å². The fraction of sp³-hybridized carbons (Fsp3) is 0.500. The first-order chi connectivity index (χ1) is 4.75. The number of ether oxygens (including phenoxy) is 1. The number of hydrogen-bond acceptors (Lipinski definition) is 4. The van der Waals surface area contributed by atoms with Crippen molar-refractivity contribution in [3.05, 3.63) is 11.3 Å². The van der Waals surface area contributed by atoms with Crippen LogP contribution >= 0.6 is 0 Å². The molecule has 0 aliphatic carbocycles. The van der Waals surface area contributed by atoms with E-state index in [4.69, 9.17) is 10.2 Å². The molecule has 1 rings (SSSR count). The van der Waals surface area contributed by atoms with Gasteiger partial charge in [-0.1, -0.05) is 0 Å². The Bertz CT molecular complexity index is 182. The Kier molecular flexibility index (Phi) is 1.91. The van der Waals surface area contributed by atoms with Gasteiger partial charge in [0.05, 0.1) is 0 Å². The first kappa shape index (κ1) is 7.08. The summed E-state index contributed by atoms with van der Waals surface area (Å²) in [6.45, 7) is 0.0429. The second-order valence-electron chi connectivity index (χ2n) is 2.00. The van der Waals surface area contributed by atoms with Crippen LogP contribution < -0.4 is 0 Å². The van der Waals surface area contributed by atoms with Crippen LogP contribution in [0.1, 0.15) is 6.42 Å². The van der Waals surface area contributed by atoms with Crippen molar-refractivity contribution in [2.24, 2.45) is 0 Å². The molecular formula is C6H8O4. The molecule has 4 heteroatoms. The van der Waals surface area contributed by atoms with Gasteiger partial charge < -0.3 is 14.9 Å². The molecule has 0 aromatic rings. The number of aliphatic hydroxyl groups excluding tert-OH is 2. The van der Waals surface area contributed by atoms with E-state index in [1.54, 1.807) is 0 Å². The van der Waals surface area contributed by atoms with Gasteiger partial charge in [-0.15, -0.1) is 0 Å². The number of esters is 1. The molecule has 0 saturated heterocycles. The van der Waals surface area contributed by atoms with Crippen LogP contribution in [0.15, 0.2) is 11.3 Å². The summed E-state index contributed by atoms with van der Waals surface area (Å²) in [5.41, 5.74) is 0.479. The van der Waals surface area contributed by atoms with E-state index in [9.17, 15) is 4.79 Å². The molecule has 10 heavy (non-hydrogen) atoms. The number of hydrogen-bond donors (Lipinski definition) is 2. The largest absolute Gasteiger partial charge is 0.502 e. The van der Waals surface area contributed by atoms with Crippen LogP contribution in [0.4, 0.5) is 0 Å². The van der Waals surface area contributed by atoms with Gasteiger partial charge in [0.25, 0.3) is 0 Å². The van der Waals surface area contributed by atoms with Crippen molar-refractivity contribution in [3.63, 3.8) is 0 Å². The maximum Gasteiger partial charge on any atom is 0.373 e. The first-order valence-electron chi connectivity index (χ1n) is 2.94. The standard InChI is InChI=1S/C6H8O4/c7-2-1-4-3-10-6(9)5(4)8/h7-8H,1-3H2. The highest BCUT2D eigenvalue weighted by Crippen LogP contribution is 2.15. The summed E-state index contributed by atoms with van der Waals surface area (Å²) < 4.78 is 4.46. The fourth-order valence-electron chi connectivity index (χ4n) is 0.759. The maximum atomic E-state index is 10.4. The van der Waals surface area contributed by atoms with E-state index >= 15 is 0 Å². The third kappa shape index (κ3) is 1.11. The molecule has 0 unspecified atom stereocenters. The van der Waals surface area contributed by atoms with E-state index in [0.717, 1.165) is 0 Å². The molecule has 1 heterocycles. The van der Waals surface area contributed by atoms with Gasteiger partial charge in [-0.3, -0.25) is 0 Å². The molecule has 0 saturated carbocycles. The number of rotatable bonds is 2. The number of cyclic esters (lactones) is 1. The number of carbonyl (C=O) groups excluding carboxylic acids is 1. The lowest BCUT2D eigenvalue weighted by molar-refractivity contribution is -0.138. The van der Waals surface area contributed by atoms with Crippen LogP contribution in [-0.4, -0.2) is 29.4 Å². The van der Waals surface area contributed by atoms with Crippen molar-refractivity contribution < 1.29 is 19.7 Å². The zero-order valence-corrected chi connectivity index (χ0v) is 5.33. The molecule has 0 atom stereocenters. The third-order valence-electron chi connectivity index (χ3n) is 1.32. The molecule has 0 spiro atoms. The van der Waals surface area contributed by atoms with E-state index in [0.29, 0.717) is 12.0 Å². The first-order valence-corrected chi connectivity index (χ1v) is 2.94. The Hall–Kier alpha value is -1.03. The fourth-order valence-corrected chi connectivity index (χ4v) is 0.759. The molecule has 1 aliphatic rings. The second-order valence-corrected chi connectivity index (χ2v) is 2.00. The molecular weight excluding hydrogens is 136 g/mol. The quantitative estimate of drug-likeness (QED) is 0.524. The minimum Gasteiger partial charge on any atom is -0.502 e. The summed E-state index contributed by atoms with van der Waals surface area (Å²) in [6, 6.07) is 0. The minimum atomic E-state index is -0.691. The molecule has 0 radical (unpaired) electrons. The van der Waals surface area contributed by atoms with Crippen LogP contribution in [0.2, 0.25) is 0 Å². The molecule has 2 N–H and O–H groups in total. The zero-order chi connectivity index (χ0) is 7.56. The second kappa shape index (κ2) is 2.70. The van der Waals surface area contributed by atoms with Crippen LogP contribution in [0, 0.1) is 0 Å². The van der Waals surface area contributed by atoms with Gasteiger partial charge in [-0.25, -0.2) is 4.79 Å². The summed E-state index contributed by atoms with van der Waals surface area (Å²) in [5, 5.41) is 17.3. The summed E-state index contributed by atoms with van der Waals surface area (Å²) in [7, 11) is 0. The number of carbonyl (C=O) groups is 1. The van der Waals surface area contributed by atoms with Crippen LogP contribution in [0.5, 0.6) is 0 Å². The minimum absolute atomic E-state index is 0.0734. The average molecular weight is 144 g/mol. The lowest BCUT2D eigenvalue weighted by atomic mass is 10.2. The Morgan fingerprint density at radius 2 is 2.30 bits per heavy atom. The van der Waals surface area contributed by atoms with Crippen LogP contribution in [0.25, 0.3) is 0 Å². The zero-order valence-electron chi connectivity index (χ0n) is 5.33. The Morgan fingerprint density at radius 1 is 1.60 bits per heavy atom. The molecule has 0 amide bonds. The molecule has 0 fully saturated rings. The summed E-state index contributed by atoms with van der Waals surface area (Å²) >= 11 is 0. The van der Waals surface area contributed by atoms with E-state index in [-0.39, 0.29) is 19.0 Å². The maximum absolute atomic E-state index is 10.4. The highest BCUT2D eigenvalue weighted by atomic mass is 16.6. The Morgan fingerprint density at radius 3 is 2.70 bits per heavy atom. The molecule has 1 aliphatic heterocycles. The molecule has 4 nitrogen and oxygen atoms in total. The van der Waals surface area contributed by atoms with Crippen molar-refractivity contribution in [1.82, 2.24) is 0 Å². The molecule has 56 valence electrons. The summed E-state index contributed by atoms with van der Waals surface area (Å²) in [4.78, 5) is 10.4. The number of aliphatic hydroxyl groups is 2. The lowest BCUT2D eigenvalue weighted by Crippen LogP contribution is -1.97. The molecule has 0 aromatic heterocycles. The average Bonchev–Trinajstić information content (AvgIpc) is 2.20. The van der Waals surface area contributed by atoms with Gasteiger partial charge >= 0.3 is 5.97 Å². The highest BCUT2D eigenvalue weighted by molar-refractivity contribution is 5.88. The normalized spacial score (nSPS) is 17.9. The Balaban J connectivity index is 2.65.